The molecule has 1 amide bonds. The van der Waals surface area contributed by atoms with Gasteiger partial charge in [-0.15, -0.1) is 0 Å². The molecule has 0 saturated heterocycles. The van der Waals surface area contributed by atoms with Crippen LogP contribution < -0.4 is 15.5 Å². The largest absolute Gasteiger partial charge is 0.494 e. The van der Waals surface area contributed by atoms with Crippen molar-refractivity contribution in [2.75, 3.05) is 6.61 Å². The van der Waals surface area contributed by atoms with Gasteiger partial charge in [0.15, 0.2) is 5.43 Å². The normalized spacial score (nSPS) is 15.7. The molecule has 0 radical (unpaired) electrons. The van der Waals surface area contributed by atoms with Gasteiger partial charge < -0.3 is 14.5 Å². The predicted molar refractivity (Wildman–Crippen MR) is 103 cm³/mol. The number of hydrogen-bond donors (Lipinski definition) is 1. The van der Waals surface area contributed by atoms with Crippen LogP contribution in [-0.4, -0.2) is 12.5 Å². The predicted octanol–water partition coefficient (Wildman–Crippen LogP) is 4.19. The second kappa shape index (κ2) is 7.11. The minimum absolute atomic E-state index is 0.0276. The molecule has 1 aromatic heterocycles. The van der Waals surface area contributed by atoms with Crippen molar-refractivity contribution in [2.24, 2.45) is 5.92 Å². The maximum atomic E-state index is 13.6. The standard InChI is InChI=1S/C22H20FNO4/c1-12(2)8-9-27-15-5-3-4-13(10-15)19-18-20(25)16-11-14(23)6-7-17(16)28-21(18)22(26)24-19/h3-7,10-12,19H,8-9H2,1-2H3,(H,24,26). The van der Waals surface area contributed by atoms with Gasteiger partial charge in [0.25, 0.3) is 5.91 Å². The third kappa shape index (κ3) is 3.26. The van der Waals surface area contributed by atoms with Gasteiger partial charge in [0.2, 0.25) is 5.76 Å². The van der Waals surface area contributed by atoms with Crippen molar-refractivity contribution < 1.29 is 18.3 Å². The van der Waals surface area contributed by atoms with Crippen LogP contribution in [0, 0.1) is 11.7 Å². The fraction of sp³-hybridized carbons (Fsp3) is 0.273. The first-order valence-electron chi connectivity index (χ1n) is 9.24. The molecule has 0 bridgehead atoms. The van der Waals surface area contributed by atoms with E-state index < -0.39 is 23.2 Å². The van der Waals surface area contributed by atoms with Gasteiger partial charge in [-0.3, -0.25) is 9.59 Å². The number of ether oxygens (including phenoxy) is 1. The number of hydrogen-bond acceptors (Lipinski definition) is 4. The van der Waals surface area contributed by atoms with Crippen molar-refractivity contribution in [3.05, 3.63) is 75.4 Å². The topological polar surface area (TPSA) is 68.5 Å². The lowest BCUT2D eigenvalue weighted by atomic mass is 9.99. The first kappa shape index (κ1) is 18.2. The molecule has 2 heterocycles. The van der Waals surface area contributed by atoms with Crippen molar-refractivity contribution >= 4 is 16.9 Å². The average Bonchev–Trinajstić information content (AvgIpc) is 2.99. The van der Waals surface area contributed by atoms with Crippen LogP contribution in [0.3, 0.4) is 0 Å². The van der Waals surface area contributed by atoms with Crippen LogP contribution in [0.2, 0.25) is 0 Å². The fourth-order valence-electron chi connectivity index (χ4n) is 3.33. The van der Waals surface area contributed by atoms with Gasteiger partial charge in [0.1, 0.15) is 17.1 Å². The Balaban J connectivity index is 1.74. The van der Waals surface area contributed by atoms with Crippen molar-refractivity contribution in [1.82, 2.24) is 5.32 Å². The van der Waals surface area contributed by atoms with E-state index in [-0.39, 0.29) is 22.3 Å². The number of halogens is 1. The molecule has 1 atom stereocenters. The van der Waals surface area contributed by atoms with Crippen LogP contribution >= 0.6 is 0 Å². The lowest BCUT2D eigenvalue weighted by Gasteiger charge is -2.14. The number of nitrogens with one attached hydrogen (secondary N) is 1. The molecule has 1 aliphatic heterocycles. The molecule has 4 rings (SSSR count). The first-order valence-corrected chi connectivity index (χ1v) is 9.24. The second-order valence-corrected chi connectivity index (χ2v) is 7.32. The van der Waals surface area contributed by atoms with Gasteiger partial charge in [0, 0.05) is 0 Å². The van der Waals surface area contributed by atoms with Gasteiger partial charge >= 0.3 is 0 Å². The molecule has 0 fully saturated rings. The molecule has 0 saturated carbocycles. The maximum absolute atomic E-state index is 13.6. The molecule has 1 aliphatic rings. The van der Waals surface area contributed by atoms with Crippen molar-refractivity contribution in [2.45, 2.75) is 26.3 Å². The second-order valence-electron chi connectivity index (χ2n) is 7.32. The van der Waals surface area contributed by atoms with E-state index in [2.05, 4.69) is 19.2 Å². The van der Waals surface area contributed by atoms with Crippen LogP contribution in [0.15, 0.2) is 51.7 Å². The smallest absolute Gasteiger partial charge is 0.288 e. The number of benzene rings is 2. The summed E-state index contributed by atoms with van der Waals surface area (Å²) in [5.74, 6) is 0.170. The summed E-state index contributed by atoms with van der Waals surface area (Å²) in [6.07, 6.45) is 0.925. The maximum Gasteiger partial charge on any atom is 0.288 e. The minimum atomic E-state index is -0.667. The lowest BCUT2D eigenvalue weighted by Crippen LogP contribution is -2.22. The van der Waals surface area contributed by atoms with E-state index >= 15 is 0 Å². The van der Waals surface area contributed by atoms with Crippen LogP contribution in [0.4, 0.5) is 4.39 Å². The molecular weight excluding hydrogens is 361 g/mol. The third-order valence-corrected chi connectivity index (χ3v) is 4.81. The van der Waals surface area contributed by atoms with Crippen molar-refractivity contribution in [3.8, 4) is 5.75 Å². The summed E-state index contributed by atoms with van der Waals surface area (Å²) in [7, 11) is 0. The molecule has 0 spiro atoms. The van der Waals surface area contributed by atoms with Crippen molar-refractivity contribution in [3.63, 3.8) is 0 Å². The molecule has 5 nitrogen and oxygen atoms in total. The number of amides is 1. The Morgan fingerprint density at radius 1 is 1.18 bits per heavy atom. The highest BCUT2D eigenvalue weighted by molar-refractivity contribution is 5.98. The highest BCUT2D eigenvalue weighted by Gasteiger charge is 2.36. The summed E-state index contributed by atoms with van der Waals surface area (Å²) in [6.45, 7) is 4.83. The molecule has 144 valence electrons. The Bertz CT molecular complexity index is 1120. The molecule has 1 N–H and O–H groups in total. The minimum Gasteiger partial charge on any atom is -0.494 e. The quantitative estimate of drug-likeness (QED) is 0.720. The number of fused-ring (bicyclic) bond motifs is 2. The zero-order valence-corrected chi connectivity index (χ0v) is 15.6. The highest BCUT2D eigenvalue weighted by atomic mass is 19.1. The van der Waals surface area contributed by atoms with E-state index in [0.29, 0.717) is 23.8 Å². The van der Waals surface area contributed by atoms with E-state index in [1.54, 1.807) is 6.07 Å². The number of carbonyl (C=O) groups excluding carboxylic acids is 1. The van der Waals surface area contributed by atoms with E-state index in [1.165, 1.54) is 12.1 Å². The summed E-state index contributed by atoms with van der Waals surface area (Å²) in [6, 6.07) is 10.3. The van der Waals surface area contributed by atoms with Crippen molar-refractivity contribution in [1.29, 1.82) is 0 Å². The lowest BCUT2D eigenvalue weighted by molar-refractivity contribution is 0.0938. The molecule has 3 aromatic rings. The van der Waals surface area contributed by atoms with Gasteiger partial charge in [-0.05, 0) is 48.2 Å². The third-order valence-electron chi connectivity index (χ3n) is 4.81. The van der Waals surface area contributed by atoms with E-state index in [9.17, 15) is 14.0 Å². The van der Waals surface area contributed by atoms with Gasteiger partial charge in [0.05, 0.1) is 23.6 Å². The number of rotatable bonds is 5. The Morgan fingerprint density at radius 3 is 2.79 bits per heavy atom. The molecule has 0 aliphatic carbocycles. The fourth-order valence-corrected chi connectivity index (χ4v) is 3.33. The Hall–Kier alpha value is -3.15. The van der Waals surface area contributed by atoms with Crippen LogP contribution in [0.1, 0.15) is 48.0 Å². The van der Waals surface area contributed by atoms with Gasteiger partial charge in [-0.25, -0.2) is 4.39 Å². The summed E-state index contributed by atoms with van der Waals surface area (Å²) in [4.78, 5) is 25.4. The summed E-state index contributed by atoms with van der Waals surface area (Å²) in [5, 5.41) is 2.90. The van der Waals surface area contributed by atoms with Crippen LogP contribution in [-0.2, 0) is 0 Å². The van der Waals surface area contributed by atoms with E-state index in [4.69, 9.17) is 9.15 Å². The first-order chi connectivity index (χ1) is 13.4. The van der Waals surface area contributed by atoms with Gasteiger partial charge in [-0.1, -0.05) is 26.0 Å². The SMILES string of the molecule is CC(C)CCOc1cccc(C2NC(=O)c3oc4ccc(F)cc4c(=O)c32)c1. The highest BCUT2D eigenvalue weighted by Crippen LogP contribution is 2.32. The summed E-state index contributed by atoms with van der Waals surface area (Å²) >= 11 is 0. The van der Waals surface area contributed by atoms with E-state index in [0.717, 1.165) is 12.5 Å². The Labute approximate surface area is 161 Å². The van der Waals surface area contributed by atoms with Crippen LogP contribution in [0.25, 0.3) is 11.0 Å². The number of carbonyl (C=O) groups is 1. The summed E-state index contributed by atoms with van der Waals surface area (Å²) < 4.78 is 25.0. The van der Waals surface area contributed by atoms with Gasteiger partial charge in [-0.2, -0.15) is 0 Å². The Kier molecular flexibility index (Phi) is 4.63. The molecule has 2 aromatic carbocycles. The zero-order valence-electron chi connectivity index (χ0n) is 15.6. The zero-order chi connectivity index (χ0) is 19.8. The molecule has 6 heteroatoms. The molecular formula is C22H20FNO4. The van der Waals surface area contributed by atoms with Crippen LogP contribution in [0.5, 0.6) is 5.75 Å². The molecule has 1 unspecified atom stereocenters. The molecule has 28 heavy (non-hydrogen) atoms. The summed E-state index contributed by atoms with van der Waals surface area (Å²) in [5.41, 5.74) is 0.677. The van der Waals surface area contributed by atoms with E-state index in [1.807, 2.05) is 18.2 Å². The average molecular weight is 381 g/mol. The Morgan fingerprint density at radius 2 is 2.00 bits per heavy atom. The monoisotopic (exact) mass is 381 g/mol.